The van der Waals surface area contributed by atoms with Crippen molar-refractivity contribution < 1.29 is 22.0 Å². The fraction of sp³-hybridized carbons (Fsp3) is 0.438. The minimum atomic E-state index is -3.41. The molecule has 0 aromatic carbocycles. The number of urea groups is 1. The van der Waals surface area contributed by atoms with Crippen LogP contribution in [0.3, 0.4) is 0 Å². The fourth-order valence-corrected chi connectivity index (χ4v) is 4.26. The van der Waals surface area contributed by atoms with Gasteiger partial charge < -0.3 is 10.2 Å². The van der Waals surface area contributed by atoms with Crippen LogP contribution in [0.5, 0.6) is 0 Å². The van der Waals surface area contributed by atoms with E-state index in [0.29, 0.717) is 31.6 Å². The number of hydrogen-bond donors (Lipinski definition) is 2. The van der Waals surface area contributed by atoms with Gasteiger partial charge in [0.25, 0.3) is 6.43 Å². The number of nitrogens with zero attached hydrogens (tertiary/aromatic N) is 4. The Labute approximate surface area is 159 Å². The highest BCUT2D eigenvalue weighted by Crippen LogP contribution is 2.30. The first-order valence-electron chi connectivity index (χ1n) is 8.70. The zero-order chi connectivity index (χ0) is 19.9. The van der Waals surface area contributed by atoms with E-state index in [0.717, 1.165) is 6.07 Å². The Hall–Kier alpha value is -2.76. The molecular formula is C16H18F2N6O3S. The Morgan fingerprint density at radius 1 is 1.25 bits per heavy atom. The zero-order valence-electron chi connectivity index (χ0n) is 14.7. The Balaban J connectivity index is 1.42. The van der Waals surface area contributed by atoms with Crippen LogP contribution in [-0.4, -0.2) is 45.9 Å². The average molecular weight is 412 g/mol. The van der Waals surface area contributed by atoms with Crippen molar-refractivity contribution >= 4 is 27.6 Å². The van der Waals surface area contributed by atoms with Crippen LogP contribution in [0.2, 0.25) is 0 Å². The van der Waals surface area contributed by atoms with Gasteiger partial charge in [-0.1, -0.05) is 0 Å². The van der Waals surface area contributed by atoms with Gasteiger partial charge in [0, 0.05) is 24.5 Å². The van der Waals surface area contributed by atoms with Crippen LogP contribution in [0.4, 0.5) is 25.1 Å². The Bertz CT molecular complexity index is 1010. The molecule has 1 saturated carbocycles. The number of rotatable bonds is 5. The van der Waals surface area contributed by atoms with E-state index in [1.807, 2.05) is 0 Å². The molecule has 0 saturated heterocycles. The van der Waals surface area contributed by atoms with Gasteiger partial charge in [-0.05, 0) is 25.0 Å². The summed E-state index contributed by atoms with van der Waals surface area (Å²) in [6.07, 6.45) is -0.210. The molecule has 0 bridgehead atoms. The minimum absolute atomic E-state index is 0.219. The topological polar surface area (TPSA) is 109 Å². The van der Waals surface area contributed by atoms with Crippen molar-refractivity contribution in [3.63, 3.8) is 0 Å². The summed E-state index contributed by atoms with van der Waals surface area (Å²) in [6, 6.07) is 3.71. The molecule has 1 fully saturated rings. The summed E-state index contributed by atoms with van der Waals surface area (Å²) < 4.78 is 53.7. The molecule has 28 heavy (non-hydrogen) atoms. The van der Waals surface area contributed by atoms with Crippen LogP contribution in [0, 0.1) is 0 Å². The maximum atomic E-state index is 12.7. The highest BCUT2D eigenvalue weighted by Gasteiger charge is 2.36. The van der Waals surface area contributed by atoms with E-state index in [9.17, 15) is 22.0 Å². The van der Waals surface area contributed by atoms with Gasteiger partial charge >= 0.3 is 6.03 Å². The molecule has 2 aromatic heterocycles. The molecule has 0 atom stereocenters. The van der Waals surface area contributed by atoms with E-state index >= 15 is 0 Å². The number of amides is 2. The van der Waals surface area contributed by atoms with E-state index in [1.54, 1.807) is 10.7 Å². The number of pyridine rings is 1. The number of nitrogens with one attached hydrogen (secondary N) is 2. The summed E-state index contributed by atoms with van der Waals surface area (Å²) in [4.78, 5) is 17.5. The largest absolute Gasteiger partial charge is 0.322 e. The molecule has 2 amide bonds. The lowest BCUT2D eigenvalue weighted by Crippen LogP contribution is -2.40. The third-order valence-corrected chi connectivity index (χ3v) is 6.39. The van der Waals surface area contributed by atoms with Crippen LogP contribution in [0.1, 0.15) is 30.7 Å². The molecule has 1 aliphatic heterocycles. The second-order valence-electron chi connectivity index (χ2n) is 6.71. The molecular weight excluding hydrogens is 394 g/mol. The number of hydrogen-bond acceptors (Lipinski definition) is 5. The van der Waals surface area contributed by atoms with Gasteiger partial charge in [0.1, 0.15) is 5.69 Å². The van der Waals surface area contributed by atoms with Crippen molar-refractivity contribution in [3.8, 4) is 0 Å². The van der Waals surface area contributed by atoms with E-state index in [2.05, 4.69) is 20.1 Å². The minimum Gasteiger partial charge on any atom is -0.317 e. The van der Waals surface area contributed by atoms with Gasteiger partial charge in [-0.2, -0.15) is 5.10 Å². The van der Waals surface area contributed by atoms with Crippen LogP contribution in [0.15, 0.2) is 24.4 Å². The molecule has 2 N–H and O–H groups in total. The molecule has 9 nitrogen and oxygen atoms in total. The first kappa shape index (κ1) is 18.6. The summed E-state index contributed by atoms with van der Waals surface area (Å²) in [6.45, 7) is 0.964. The van der Waals surface area contributed by atoms with Crippen LogP contribution >= 0.6 is 0 Å². The monoisotopic (exact) mass is 412 g/mol. The normalized spacial score (nSPS) is 16.8. The molecule has 1 aliphatic carbocycles. The molecule has 3 heterocycles. The van der Waals surface area contributed by atoms with Crippen molar-refractivity contribution in [2.24, 2.45) is 0 Å². The van der Waals surface area contributed by atoms with Crippen molar-refractivity contribution in [3.05, 3.63) is 35.8 Å². The standard InChI is InChI=1S/C16H18F2N6O3S/c17-15(18)13-7-10(3-4-19-13)20-16(25)23-5-6-24-11(9-23)8-14(21-24)22-28(26,27)12-1-2-12/h3-4,7-8,12,15H,1-2,5-6,9H2,(H,21,22)(H,19,20,25). The maximum Gasteiger partial charge on any atom is 0.322 e. The number of anilines is 2. The number of aromatic nitrogens is 3. The lowest BCUT2D eigenvalue weighted by atomic mass is 10.3. The predicted octanol–water partition coefficient (Wildman–Crippen LogP) is 2.17. The van der Waals surface area contributed by atoms with E-state index in [-0.39, 0.29) is 23.3 Å². The van der Waals surface area contributed by atoms with Crippen LogP contribution in [-0.2, 0) is 23.1 Å². The number of alkyl halides is 2. The predicted molar refractivity (Wildman–Crippen MR) is 96.4 cm³/mol. The molecule has 4 rings (SSSR count). The van der Waals surface area contributed by atoms with E-state index in [4.69, 9.17) is 0 Å². The zero-order valence-corrected chi connectivity index (χ0v) is 15.5. The SMILES string of the molecule is O=C(Nc1ccnc(C(F)F)c1)N1CCn2nc(NS(=O)(=O)C3CC3)cc2C1. The molecule has 2 aliphatic rings. The molecule has 0 spiro atoms. The summed E-state index contributed by atoms with van der Waals surface area (Å²) in [7, 11) is -3.41. The van der Waals surface area contributed by atoms with Gasteiger partial charge in [0.2, 0.25) is 10.0 Å². The van der Waals surface area contributed by atoms with Crippen molar-refractivity contribution in [1.29, 1.82) is 0 Å². The van der Waals surface area contributed by atoms with Gasteiger partial charge in [0.05, 0.1) is 24.0 Å². The van der Waals surface area contributed by atoms with E-state index in [1.165, 1.54) is 17.2 Å². The first-order chi connectivity index (χ1) is 13.3. The van der Waals surface area contributed by atoms with Gasteiger partial charge in [-0.25, -0.2) is 22.0 Å². The second kappa shape index (κ2) is 7.00. The van der Waals surface area contributed by atoms with Crippen molar-refractivity contribution in [2.75, 3.05) is 16.6 Å². The first-order valence-corrected chi connectivity index (χ1v) is 10.2. The molecule has 0 radical (unpaired) electrons. The van der Waals surface area contributed by atoms with Gasteiger partial charge in [0.15, 0.2) is 5.82 Å². The van der Waals surface area contributed by atoms with Gasteiger partial charge in [-0.15, -0.1) is 0 Å². The highest BCUT2D eigenvalue weighted by molar-refractivity contribution is 7.93. The number of sulfonamides is 1. The lowest BCUT2D eigenvalue weighted by molar-refractivity contribution is 0.146. The smallest absolute Gasteiger partial charge is 0.317 e. The quantitative estimate of drug-likeness (QED) is 0.782. The van der Waals surface area contributed by atoms with E-state index < -0.39 is 28.2 Å². The third-order valence-electron chi connectivity index (χ3n) is 4.55. The molecule has 150 valence electrons. The Morgan fingerprint density at radius 2 is 2.04 bits per heavy atom. The number of carbonyl (C=O) groups is 1. The Morgan fingerprint density at radius 3 is 2.75 bits per heavy atom. The summed E-state index contributed by atoms with van der Waals surface area (Å²) in [5.41, 5.74) is 0.493. The fourth-order valence-electron chi connectivity index (χ4n) is 2.94. The summed E-state index contributed by atoms with van der Waals surface area (Å²) in [5, 5.41) is 6.46. The molecule has 2 aromatic rings. The van der Waals surface area contributed by atoms with Crippen LogP contribution in [0.25, 0.3) is 0 Å². The molecule has 0 unspecified atom stereocenters. The van der Waals surface area contributed by atoms with Gasteiger partial charge in [-0.3, -0.25) is 14.4 Å². The van der Waals surface area contributed by atoms with Crippen LogP contribution < -0.4 is 10.0 Å². The highest BCUT2D eigenvalue weighted by atomic mass is 32.2. The summed E-state index contributed by atoms with van der Waals surface area (Å²) in [5.74, 6) is 0.236. The van der Waals surface area contributed by atoms with Crippen molar-refractivity contribution in [2.45, 2.75) is 37.6 Å². The van der Waals surface area contributed by atoms with Crippen molar-refractivity contribution in [1.82, 2.24) is 19.7 Å². The third kappa shape index (κ3) is 3.91. The Kier molecular flexibility index (Phi) is 4.65. The maximum absolute atomic E-state index is 12.7. The average Bonchev–Trinajstić information content (AvgIpc) is 3.43. The number of halogens is 2. The number of carbonyl (C=O) groups excluding carboxylic acids is 1. The number of fused-ring (bicyclic) bond motifs is 1. The molecule has 12 heteroatoms. The summed E-state index contributed by atoms with van der Waals surface area (Å²) >= 11 is 0. The second-order valence-corrected chi connectivity index (χ2v) is 8.67. The lowest BCUT2D eigenvalue weighted by Gasteiger charge is -2.27.